The van der Waals surface area contributed by atoms with Gasteiger partial charge in [-0.1, -0.05) is 6.08 Å². The van der Waals surface area contributed by atoms with E-state index in [4.69, 9.17) is 14.2 Å². The van der Waals surface area contributed by atoms with Gasteiger partial charge in [0.25, 0.3) is 0 Å². The molecule has 1 aliphatic heterocycles. The van der Waals surface area contributed by atoms with Gasteiger partial charge < -0.3 is 19.3 Å². The van der Waals surface area contributed by atoms with Gasteiger partial charge in [-0.05, 0) is 19.9 Å². The Morgan fingerprint density at radius 3 is 2.56 bits per heavy atom. The molecule has 5 heteroatoms. The fraction of sp³-hybridized carbons (Fsp3) is 0.727. The number of aliphatic hydroxyl groups is 1. The van der Waals surface area contributed by atoms with Crippen molar-refractivity contribution in [2.24, 2.45) is 0 Å². The van der Waals surface area contributed by atoms with E-state index in [1.165, 1.54) is 6.92 Å². The van der Waals surface area contributed by atoms with Crippen LogP contribution in [-0.4, -0.2) is 41.3 Å². The van der Waals surface area contributed by atoms with E-state index in [0.29, 0.717) is 0 Å². The Morgan fingerprint density at radius 2 is 1.94 bits per heavy atom. The van der Waals surface area contributed by atoms with Crippen molar-refractivity contribution in [1.29, 1.82) is 0 Å². The summed E-state index contributed by atoms with van der Waals surface area (Å²) < 4.78 is 16.3. The van der Waals surface area contributed by atoms with Gasteiger partial charge in [-0.2, -0.15) is 0 Å². The quantitative estimate of drug-likeness (QED) is 0.519. The van der Waals surface area contributed by atoms with Crippen LogP contribution in [0.4, 0.5) is 0 Å². The summed E-state index contributed by atoms with van der Waals surface area (Å²) in [6, 6.07) is 0. The average Bonchev–Trinajstić information content (AvgIpc) is 2.47. The predicted molar refractivity (Wildman–Crippen MR) is 54.5 cm³/mol. The summed E-state index contributed by atoms with van der Waals surface area (Å²) in [6.45, 7) is 4.88. The van der Waals surface area contributed by atoms with Crippen LogP contribution >= 0.6 is 0 Å². The van der Waals surface area contributed by atoms with E-state index in [0.717, 1.165) is 0 Å². The second-order valence-electron chi connectivity index (χ2n) is 4.51. The van der Waals surface area contributed by atoms with Gasteiger partial charge in [0.05, 0.1) is 0 Å². The topological polar surface area (TPSA) is 65.0 Å². The van der Waals surface area contributed by atoms with Crippen LogP contribution in [0.3, 0.4) is 0 Å². The predicted octanol–water partition coefficient (Wildman–Crippen LogP) is 0.369. The Hall–Kier alpha value is -0.910. The molecular weight excluding hydrogens is 212 g/mol. The Labute approximate surface area is 94.0 Å². The molecule has 0 amide bonds. The molecular formula is C11H16O5. The molecule has 0 aromatic rings. The van der Waals surface area contributed by atoms with Crippen molar-refractivity contribution in [3.05, 3.63) is 12.2 Å². The molecule has 1 unspecified atom stereocenters. The van der Waals surface area contributed by atoms with Crippen molar-refractivity contribution < 1.29 is 24.1 Å². The van der Waals surface area contributed by atoms with E-state index in [-0.39, 0.29) is 5.97 Å². The van der Waals surface area contributed by atoms with Crippen LogP contribution in [0.25, 0.3) is 0 Å². The molecule has 0 bridgehead atoms. The first-order valence-corrected chi connectivity index (χ1v) is 5.28. The highest BCUT2D eigenvalue weighted by atomic mass is 16.8. The number of carbonyl (C=O) groups is 1. The van der Waals surface area contributed by atoms with E-state index in [2.05, 4.69) is 0 Å². The zero-order valence-electron chi connectivity index (χ0n) is 9.54. The van der Waals surface area contributed by atoms with Crippen LogP contribution in [0.5, 0.6) is 0 Å². The molecule has 5 nitrogen and oxygen atoms in total. The summed E-state index contributed by atoms with van der Waals surface area (Å²) in [7, 11) is 0. The second-order valence-corrected chi connectivity index (χ2v) is 4.51. The first kappa shape index (κ1) is 11.6. The molecule has 1 saturated heterocycles. The molecule has 0 spiro atoms. The maximum atomic E-state index is 10.9. The zero-order chi connectivity index (χ0) is 11.9. The third-order valence-electron chi connectivity index (χ3n) is 2.62. The van der Waals surface area contributed by atoms with Gasteiger partial charge in [-0.3, -0.25) is 4.79 Å². The third-order valence-corrected chi connectivity index (χ3v) is 2.62. The van der Waals surface area contributed by atoms with Crippen molar-refractivity contribution in [2.75, 3.05) is 0 Å². The van der Waals surface area contributed by atoms with Gasteiger partial charge >= 0.3 is 5.97 Å². The SMILES string of the molecule is CC(=O)O[C@H]1C=CC(O)[C@@H]2OC(C)(C)O[C@H]12. The molecule has 0 aromatic carbocycles. The number of hydrogen-bond donors (Lipinski definition) is 1. The Kier molecular flexibility index (Phi) is 2.77. The van der Waals surface area contributed by atoms with Crippen molar-refractivity contribution in [1.82, 2.24) is 0 Å². The van der Waals surface area contributed by atoms with E-state index in [1.807, 2.05) is 0 Å². The normalized spacial score (nSPS) is 40.5. The summed E-state index contributed by atoms with van der Waals surface area (Å²) in [4.78, 5) is 10.9. The lowest BCUT2D eigenvalue weighted by Gasteiger charge is -2.29. The van der Waals surface area contributed by atoms with Crippen LogP contribution in [0.2, 0.25) is 0 Å². The second kappa shape index (κ2) is 3.84. The maximum Gasteiger partial charge on any atom is 0.303 e. The van der Waals surface area contributed by atoms with Gasteiger partial charge in [0.1, 0.15) is 24.4 Å². The third kappa shape index (κ3) is 2.11. The smallest absolute Gasteiger partial charge is 0.303 e. The molecule has 2 aliphatic rings. The number of ether oxygens (including phenoxy) is 3. The van der Waals surface area contributed by atoms with E-state index in [9.17, 15) is 9.90 Å². The minimum absolute atomic E-state index is 0.377. The summed E-state index contributed by atoms with van der Waals surface area (Å²) in [5.74, 6) is -1.14. The van der Waals surface area contributed by atoms with Crippen LogP contribution in [-0.2, 0) is 19.0 Å². The molecule has 1 heterocycles. The summed E-state index contributed by atoms with van der Waals surface area (Å²) >= 11 is 0. The average molecular weight is 228 g/mol. The molecule has 1 fully saturated rings. The van der Waals surface area contributed by atoms with Crippen molar-refractivity contribution in [3.63, 3.8) is 0 Å². The monoisotopic (exact) mass is 228 g/mol. The molecule has 2 rings (SSSR count). The van der Waals surface area contributed by atoms with E-state index in [1.54, 1.807) is 26.0 Å². The highest BCUT2D eigenvalue weighted by Gasteiger charge is 2.50. The fourth-order valence-electron chi connectivity index (χ4n) is 2.08. The summed E-state index contributed by atoms with van der Waals surface area (Å²) in [5, 5.41) is 9.73. The van der Waals surface area contributed by atoms with Crippen LogP contribution in [0, 0.1) is 0 Å². The first-order valence-electron chi connectivity index (χ1n) is 5.28. The molecule has 0 aromatic heterocycles. The molecule has 1 aliphatic carbocycles. The number of carbonyl (C=O) groups excluding carboxylic acids is 1. The fourth-order valence-corrected chi connectivity index (χ4v) is 2.08. The molecule has 16 heavy (non-hydrogen) atoms. The lowest BCUT2D eigenvalue weighted by molar-refractivity contribution is -0.165. The summed E-state index contributed by atoms with van der Waals surface area (Å²) in [5.41, 5.74) is 0. The van der Waals surface area contributed by atoms with Crippen molar-refractivity contribution in [2.45, 2.75) is 51.0 Å². The van der Waals surface area contributed by atoms with Crippen molar-refractivity contribution in [3.8, 4) is 0 Å². The van der Waals surface area contributed by atoms with Gasteiger partial charge in [-0.25, -0.2) is 0 Å². The van der Waals surface area contributed by atoms with Gasteiger partial charge in [-0.15, -0.1) is 0 Å². The van der Waals surface area contributed by atoms with Crippen molar-refractivity contribution >= 4 is 5.97 Å². The first-order chi connectivity index (χ1) is 7.39. The largest absolute Gasteiger partial charge is 0.455 e. The number of aliphatic hydroxyl groups excluding tert-OH is 1. The van der Waals surface area contributed by atoms with Gasteiger partial charge in [0.15, 0.2) is 5.79 Å². The number of esters is 1. The summed E-state index contributed by atoms with van der Waals surface area (Å²) in [6.07, 6.45) is 1.06. The van der Waals surface area contributed by atoms with Gasteiger partial charge in [0.2, 0.25) is 0 Å². The Balaban J connectivity index is 2.17. The lowest BCUT2D eigenvalue weighted by atomic mass is 9.96. The highest BCUT2D eigenvalue weighted by molar-refractivity contribution is 5.66. The standard InChI is InChI=1S/C11H16O5/c1-6(12)14-8-5-4-7(13)9-10(8)16-11(2,3)15-9/h4-5,7-10,13H,1-3H3/t7?,8-,9-,10+/m0/s1. The van der Waals surface area contributed by atoms with Crippen LogP contribution < -0.4 is 0 Å². The number of fused-ring (bicyclic) bond motifs is 1. The molecule has 4 atom stereocenters. The Bertz CT molecular complexity index is 322. The van der Waals surface area contributed by atoms with E-state index < -0.39 is 30.2 Å². The maximum absolute atomic E-state index is 10.9. The van der Waals surface area contributed by atoms with E-state index >= 15 is 0 Å². The van der Waals surface area contributed by atoms with Gasteiger partial charge in [0, 0.05) is 6.92 Å². The molecule has 1 N–H and O–H groups in total. The number of rotatable bonds is 1. The minimum Gasteiger partial charge on any atom is -0.455 e. The van der Waals surface area contributed by atoms with Crippen LogP contribution in [0.1, 0.15) is 20.8 Å². The lowest BCUT2D eigenvalue weighted by Crippen LogP contribution is -2.45. The molecule has 0 radical (unpaired) electrons. The zero-order valence-corrected chi connectivity index (χ0v) is 9.54. The van der Waals surface area contributed by atoms with Crippen LogP contribution in [0.15, 0.2) is 12.2 Å². The molecule has 0 saturated carbocycles. The minimum atomic E-state index is -0.763. The highest BCUT2D eigenvalue weighted by Crippen LogP contribution is 2.35. The number of hydrogen-bond acceptors (Lipinski definition) is 5. The Morgan fingerprint density at radius 1 is 1.31 bits per heavy atom. The molecule has 90 valence electrons.